The highest BCUT2D eigenvalue weighted by Crippen LogP contribution is 2.17. The largest absolute Gasteiger partial charge is 0.353 e. The van der Waals surface area contributed by atoms with Gasteiger partial charge in [0.15, 0.2) is 0 Å². The van der Waals surface area contributed by atoms with Crippen LogP contribution < -0.4 is 5.32 Å². The van der Waals surface area contributed by atoms with Gasteiger partial charge >= 0.3 is 0 Å². The molecule has 1 saturated heterocycles. The maximum absolute atomic E-state index is 12.1. The van der Waals surface area contributed by atoms with Crippen molar-refractivity contribution >= 4 is 5.91 Å². The molecule has 0 saturated carbocycles. The van der Waals surface area contributed by atoms with Crippen molar-refractivity contribution in [3.8, 4) is 0 Å². The third-order valence-corrected chi connectivity index (χ3v) is 4.86. The molecule has 0 bridgehead atoms. The van der Waals surface area contributed by atoms with Gasteiger partial charge in [-0.15, -0.1) is 0 Å². The predicted octanol–water partition coefficient (Wildman–Crippen LogP) is 2.66. The Balaban J connectivity index is 1.72. The summed E-state index contributed by atoms with van der Waals surface area (Å²) < 4.78 is 0. The van der Waals surface area contributed by atoms with E-state index < -0.39 is 0 Å². The van der Waals surface area contributed by atoms with Crippen molar-refractivity contribution in [1.29, 1.82) is 0 Å². The van der Waals surface area contributed by atoms with Gasteiger partial charge in [0.2, 0.25) is 5.91 Å². The molecule has 1 amide bonds. The van der Waals surface area contributed by atoms with Crippen LogP contribution in [-0.4, -0.2) is 61.0 Å². The second kappa shape index (κ2) is 8.29. The van der Waals surface area contributed by atoms with Crippen LogP contribution in [0.5, 0.6) is 0 Å². The third kappa shape index (κ3) is 6.27. The molecule has 0 radical (unpaired) electrons. The zero-order valence-electron chi connectivity index (χ0n) is 15.5. The molecule has 1 fully saturated rings. The van der Waals surface area contributed by atoms with Crippen molar-refractivity contribution in [2.75, 3.05) is 39.3 Å². The summed E-state index contributed by atoms with van der Waals surface area (Å²) in [4.78, 5) is 17.2. The first-order chi connectivity index (χ1) is 10.8. The van der Waals surface area contributed by atoms with Crippen molar-refractivity contribution in [2.45, 2.75) is 59.4 Å². The lowest BCUT2D eigenvalue weighted by Crippen LogP contribution is -2.42. The average Bonchev–Trinajstić information content (AvgIpc) is 2.97. The molecule has 132 valence electrons. The topological polar surface area (TPSA) is 35.6 Å². The van der Waals surface area contributed by atoms with E-state index in [0.29, 0.717) is 0 Å². The van der Waals surface area contributed by atoms with Crippen LogP contribution in [0.1, 0.15) is 53.4 Å². The molecule has 2 heterocycles. The first kappa shape index (κ1) is 18.5. The molecule has 0 unspecified atom stereocenters. The highest BCUT2D eigenvalue weighted by Gasteiger charge is 2.23. The van der Waals surface area contributed by atoms with Gasteiger partial charge in [0.1, 0.15) is 0 Å². The van der Waals surface area contributed by atoms with E-state index in [-0.39, 0.29) is 17.4 Å². The highest BCUT2D eigenvalue weighted by atomic mass is 16.2. The Kier molecular flexibility index (Phi) is 6.66. The van der Waals surface area contributed by atoms with Crippen LogP contribution in [0.4, 0.5) is 0 Å². The van der Waals surface area contributed by atoms with Crippen LogP contribution in [0.2, 0.25) is 0 Å². The van der Waals surface area contributed by atoms with Gasteiger partial charge in [-0.2, -0.15) is 0 Å². The Bertz CT molecular complexity index is 419. The fourth-order valence-corrected chi connectivity index (χ4v) is 3.39. The summed E-state index contributed by atoms with van der Waals surface area (Å²) in [5, 5.41) is 3.15. The van der Waals surface area contributed by atoms with Crippen LogP contribution in [0.15, 0.2) is 11.6 Å². The average molecular weight is 322 g/mol. The van der Waals surface area contributed by atoms with Gasteiger partial charge in [-0.1, -0.05) is 32.4 Å². The molecule has 4 nitrogen and oxygen atoms in total. The quantitative estimate of drug-likeness (QED) is 0.764. The molecule has 1 atom stereocenters. The number of nitrogens with zero attached hydrogens (tertiary/aromatic N) is 2. The minimum absolute atomic E-state index is 0.146. The van der Waals surface area contributed by atoms with Gasteiger partial charge in [0.05, 0.1) is 0 Å². The Morgan fingerprint density at radius 1 is 1.17 bits per heavy atom. The Labute approximate surface area is 142 Å². The van der Waals surface area contributed by atoms with Crippen LogP contribution in [0.3, 0.4) is 0 Å². The number of likely N-dealkylation sites (tertiary alicyclic amines) is 1. The fourth-order valence-electron chi connectivity index (χ4n) is 3.39. The van der Waals surface area contributed by atoms with Gasteiger partial charge in [0, 0.05) is 37.6 Å². The van der Waals surface area contributed by atoms with Gasteiger partial charge in [0.25, 0.3) is 0 Å². The number of nitrogens with one attached hydrogen (secondary N) is 1. The molecule has 0 aromatic heterocycles. The molecule has 2 rings (SSSR count). The number of carbonyl (C=O) groups is 1. The van der Waals surface area contributed by atoms with E-state index in [1.807, 2.05) is 20.8 Å². The number of amides is 1. The zero-order valence-corrected chi connectivity index (χ0v) is 15.5. The summed E-state index contributed by atoms with van der Waals surface area (Å²) in [6.07, 6.45) is 7.25. The van der Waals surface area contributed by atoms with Crippen LogP contribution in [-0.2, 0) is 4.79 Å². The first-order valence-electron chi connectivity index (χ1n) is 9.28. The Morgan fingerprint density at radius 3 is 2.48 bits per heavy atom. The normalized spacial score (nSPS) is 22.0. The van der Waals surface area contributed by atoms with E-state index in [2.05, 4.69) is 28.1 Å². The van der Waals surface area contributed by atoms with Crippen LogP contribution in [0, 0.1) is 5.41 Å². The van der Waals surface area contributed by atoms with E-state index in [4.69, 9.17) is 0 Å². The van der Waals surface area contributed by atoms with Crippen molar-refractivity contribution in [2.24, 2.45) is 5.41 Å². The number of carbonyl (C=O) groups excluding carboxylic acids is 1. The summed E-state index contributed by atoms with van der Waals surface area (Å²) in [7, 11) is 0. The highest BCUT2D eigenvalue weighted by molar-refractivity contribution is 5.81. The van der Waals surface area contributed by atoms with Crippen molar-refractivity contribution in [1.82, 2.24) is 15.1 Å². The molecule has 0 spiro atoms. The van der Waals surface area contributed by atoms with E-state index in [1.165, 1.54) is 51.1 Å². The predicted molar refractivity (Wildman–Crippen MR) is 96.5 cm³/mol. The fraction of sp³-hybridized carbons (Fsp3) is 0.842. The lowest BCUT2D eigenvalue weighted by Gasteiger charge is -2.30. The zero-order chi connectivity index (χ0) is 16.9. The standard InChI is InChI=1S/C19H35N3O/c1-16(20-18(23)19(2,3)4)14-17-8-7-11-22(15-17)13-12-21-9-5-6-10-21/h8,16H,5-7,9-15H2,1-4H3,(H,20,23)/t16-/m1/s1. The molecular formula is C19H35N3O. The summed E-state index contributed by atoms with van der Waals surface area (Å²) in [5.41, 5.74) is 1.18. The lowest BCUT2D eigenvalue weighted by atomic mass is 9.94. The van der Waals surface area contributed by atoms with Gasteiger partial charge < -0.3 is 10.2 Å². The van der Waals surface area contributed by atoms with Crippen molar-refractivity contribution < 1.29 is 4.79 Å². The third-order valence-electron chi connectivity index (χ3n) is 4.86. The molecule has 23 heavy (non-hydrogen) atoms. The van der Waals surface area contributed by atoms with Gasteiger partial charge in [-0.25, -0.2) is 0 Å². The molecular weight excluding hydrogens is 286 g/mol. The molecule has 1 N–H and O–H groups in total. The second-order valence-electron chi connectivity index (χ2n) is 8.30. The maximum Gasteiger partial charge on any atom is 0.225 e. The van der Waals surface area contributed by atoms with E-state index in [9.17, 15) is 4.79 Å². The second-order valence-corrected chi connectivity index (χ2v) is 8.30. The van der Waals surface area contributed by atoms with Gasteiger partial charge in [-0.05, 0) is 45.7 Å². The van der Waals surface area contributed by atoms with Crippen molar-refractivity contribution in [3.05, 3.63) is 11.6 Å². The minimum Gasteiger partial charge on any atom is -0.353 e. The molecule has 0 aliphatic carbocycles. The number of rotatable bonds is 6. The summed E-state index contributed by atoms with van der Waals surface area (Å²) in [6.45, 7) is 15.2. The maximum atomic E-state index is 12.1. The van der Waals surface area contributed by atoms with E-state index in [1.54, 1.807) is 0 Å². The van der Waals surface area contributed by atoms with Crippen LogP contribution in [0.25, 0.3) is 0 Å². The summed E-state index contributed by atoms with van der Waals surface area (Å²) in [6, 6.07) is 0.214. The molecule has 2 aliphatic rings. The molecule has 4 heteroatoms. The minimum atomic E-state index is -0.309. The summed E-state index contributed by atoms with van der Waals surface area (Å²) in [5.74, 6) is 0.146. The molecule has 2 aliphatic heterocycles. The van der Waals surface area contributed by atoms with Gasteiger partial charge in [-0.3, -0.25) is 9.69 Å². The SMILES string of the molecule is C[C@H](CC1=CCCN(CCN2CCCC2)C1)NC(=O)C(C)(C)C. The Morgan fingerprint density at radius 2 is 1.83 bits per heavy atom. The lowest BCUT2D eigenvalue weighted by molar-refractivity contribution is -0.129. The van der Waals surface area contributed by atoms with E-state index >= 15 is 0 Å². The smallest absolute Gasteiger partial charge is 0.225 e. The number of hydrogen-bond acceptors (Lipinski definition) is 3. The first-order valence-corrected chi connectivity index (χ1v) is 9.28. The van der Waals surface area contributed by atoms with Crippen LogP contribution >= 0.6 is 0 Å². The monoisotopic (exact) mass is 321 g/mol. The van der Waals surface area contributed by atoms with E-state index in [0.717, 1.165) is 19.4 Å². The van der Waals surface area contributed by atoms with Crippen molar-refractivity contribution in [3.63, 3.8) is 0 Å². The molecule has 0 aromatic rings. The Hall–Kier alpha value is -0.870. The number of hydrogen-bond donors (Lipinski definition) is 1. The molecule has 0 aromatic carbocycles. The summed E-state index contributed by atoms with van der Waals surface area (Å²) >= 11 is 0.